The van der Waals surface area contributed by atoms with Crippen molar-refractivity contribution < 1.29 is 88.5 Å². The fraction of sp³-hybridized carbons (Fsp3) is 1.00. The van der Waals surface area contributed by atoms with E-state index in [4.69, 9.17) is 33.5 Å². The lowest BCUT2D eigenvalue weighted by Gasteiger charge is -2.48. The fourth-order valence-electron chi connectivity index (χ4n) is 4.12. The highest BCUT2D eigenvalue weighted by Crippen LogP contribution is 2.37. The summed E-state index contributed by atoms with van der Waals surface area (Å²) in [6.45, 7) is -0.390. The summed E-state index contributed by atoms with van der Waals surface area (Å²) in [5.41, 5.74) is 0. The van der Waals surface area contributed by atoms with Gasteiger partial charge in [-0.1, -0.05) is 0 Å². The van der Waals surface area contributed by atoms with Crippen LogP contribution in [0.15, 0.2) is 0 Å². The van der Waals surface area contributed by atoms with Crippen LogP contribution < -0.4 is 0 Å². The third-order valence-electron chi connectivity index (χ3n) is 6.29. The zero-order valence-corrected chi connectivity index (χ0v) is 20.2. The molecule has 19 heteroatoms. The number of aliphatic hydroxyl groups excluding tert-OH is 9. The molecule has 1 unspecified atom stereocenters. The first-order valence-electron chi connectivity index (χ1n) is 11.2. The molecule has 3 fully saturated rings. The summed E-state index contributed by atoms with van der Waals surface area (Å²) in [6.07, 6.45) is -25.9. The first kappa shape index (κ1) is 31.1. The second-order valence-corrected chi connectivity index (χ2v) is 10.2. The maximum Gasteiger partial charge on any atom is 0.469 e. The molecule has 18 nitrogen and oxygen atoms in total. The number of ether oxygens (including phenoxy) is 5. The molecule has 0 saturated carbocycles. The van der Waals surface area contributed by atoms with E-state index < -0.39 is 113 Å². The smallest absolute Gasteiger partial charge is 0.394 e. The Kier molecular flexibility index (Phi) is 10.4. The van der Waals surface area contributed by atoms with Crippen LogP contribution in [-0.2, 0) is 32.8 Å². The Hall–Kier alpha value is -0.450. The zero-order valence-electron chi connectivity index (χ0n) is 19.3. The number of phosphoric ester groups is 1. The van der Waals surface area contributed by atoms with Gasteiger partial charge in [0.25, 0.3) is 0 Å². The second kappa shape index (κ2) is 12.4. The third kappa shape index (κ3) is 7.01. The Labute approximate surface area is 209 Å². The lowest BCUT2D eigenvalue weighted by atomic mass is 9.96. The van der Waals surface area contributed by atoms with Gasteiger partial charge in [0, 0.05) is 0 Å². The molecule has 11 N–H and O–H groups in total. The zero-order chi connectivity index (χ0) is 27.8. The third-order valence-corrected chi connectivity index (χ3v) is 6.77. The minimum atomic E-state index is -4.97. The monoisotopic (exact) mass is 568 g/mol. The van der Waals surface area contributed by atoms with E-state index in [2.05, 4.69) is 4.52 Å². The van der Waals surface area contributed by atoms with Gasteiger partial charge in [-0.15, -0.1) is 0 Å². The van der Waals surface area contributed by atoms with Crippen molar-refractivity contribution in [2.75, 3.05) is 13.2 Å². The summed E-state index contributed by atoms with van der Waals surface area (Å²) in [6, 6.07) is 0. The molecule has 37 heavy (non-hydrogen) atoms. The van der Waals surface area contributed by atoms with Gasteiger partial charge in [0.1, 0.15) is 67.1 Å². The van der Waals surface area contributed by atoms with Crippen LogP contribution in [0.3, 0.4) is 0 Å². The van der Waals surface area contributed by atoms with Crippen LogP contribution >= 0.6 is 7.82 Å². The maximum atomic E-state index is 10.9. The Balaban J connectivity index is 1.77. The van der Waals surface area contributed by atoms with Crippen molar-refractivity contribution in [2.45, 2.75) is 99.0 Å². The summed E-state index contributed by atoms with van der Waals surface area (Å²) >= 11 is 0. The van der Waals surface area contributed by atoms with Gasteiger partial charge in [-0.05, 0) is 6.92 Å². The molecule has 0 radical (unpaired) electrons. The Bertz CT molecular complexity index is 784. The van der Waals surface area contributed by atoms with Crippen LogP contribution in [0, 0.1) is 0 Å². The molecule has 0 spiro atoms. The van der Waals surface area contributed by atoms with Crippen LogP contribution in [0.4, 0.5) is 0 Å². The van der Waals surface area contributed by atoms with E-state index in [1.165, 1.54) is 6.92 Å². The molecular weight excluding hydrogens is 535 g/mol. The van der Waals surface area contributed by atoms with Gasteiger partial charge in [-0.2, -0.15) is 0 Å². The standard InChI is InChI=1S/C18H33O18P/c1-4-7(20)10(23)13(26)17(32-4)36-15-12(25)8(21)5(2-19)34-18(15)35-14-11(24)9(22)6(33-16(14)27)3-31-37(28,29)30/h4-27H,2-3H2,1H3,(H2,28,29,30)/t4-,5+,6+,7-,8+,9+,10+,11-,12-,13+,14-,15-,16?,17-,18+/m0/s1. The summed E-state index contributed by atoms with van der Waals surface area (Å²) in [5, 5.41) is 91.6. The van der Waals surface area contributed by atoms with Gasteiger partial charge in [-0.25, -0.2) is 4.57 Å². The molecule has 3 saturated heterocycles. The van der Waals surface area contributed by atoms with Crippen LogP contribution in [0.25, 0.3) is 0 Å². The SMILES string of the molecule is C[C@@H]1O[C@@H](O[C@@H]2[C@@H](O[C@@H]3C(O)O[C@H](COP(=O)(O)O)[C@@H](O)[C@@H]3O)O[C@H](CO)[C@@H](O)[C@@H]2O)[C@H](O)[C@H](O)[C@H]1O. The number of phosphoric acid groups is 1. The normalized spacial score (nSPS) is 49.7. The predicted molar refractivity (Wildman–Crippen MR) is 111 cm³/mol. The van der Waals surface area contributed by atoms with Gasteiger partial charge >= 0.3 is 7.82 Å². The van der Waals surface area contributed by atoms with Crippen LogP contribution in [0.5, 0.6) is 0 Å². The summed E-state index contributed by atoms with van der Waals surface area (Å²) in [5.74, 6) is 0. The van der Waals surface area contributed by atoms with E-state index in [1.807, 2.05) is 0 Å². The molecule has 0 aromatic carbocycles. The molecular formula is C18H33O18P. The summed E-state index contributed by atoms with van der Waals surface area (Å²) in [4.78, 5) is 17.6. The fourth-order valence-corrected chi connectivity index (χ4v) is 4.46. The van der Waals surface area contributed by atoms with Gasteiger partial charge in [-0.3, -0.25) is 4.52 Å². The van der Waals surface area contributed by atoms with Gasteiger partial charge in [0.15, 0.2) is 18.9 Å². The van der Waals surface area contributed by atoms with Crippen LogP contribution in [0.2, 0.25) is 0 Å². The van der Waals surface area contributed by atoms with E-state index >= 15 is 0 Å². The van der Waals surface area contributed by atoms with Crippen molar-refractivity contribution in [1.29, 1.82) is 0 Å². The Morgan fingerprint density at radius 3 is 1.84 bits per heavy atom. The molecule has 0 amide bonds. The highest BCUT2D eigenvalue weighted by molar-refractivity contribution is 7.46. The van der Waals surface area contributed by atoms with Crippen molar-refractivity contribution in [3.05, 3.63) is 0 Å². The van der Waals surface area contributed by atoms with Crippen molar-refractivity contribution in [3.8, 4) is 0 Å². The predicted octanol–water partition coefficient (Wildman–Crippen LogP) is -6.43. The van der Waals surface area contributed by atoms with Crippen LogP contribution in [0.1, 0.15) is 6.92 Å². The minimum Gasteiger partial charge on any atom is -0.394 e. The highest BCUT2D eigenvalue weighted by atomic mass is 31.2. The van der Waals surface area contributed by atoms with E-state index in [-0.39, 0.29) is 0 Å². The summed E-state index contributed by atoms with van der Waals surface area (Å²) in [7, 11) is -4.97. The number of hydrogen-bond acceptors (Lipinski definition) is 16. The highest BCUT2D eigenvalue weighted by Gasteiger charge is 2.53. The van der Waals surface area contributed by atoms with Crippen molar-refractivity contribution in [2.24, 2.45) is 0 Å². The quantitative estimate of drug-likeness (QED) is 0.121. The largest absolute Gasteiger partial charge is 0.469 e. The summed E-state index contributed by atoms with van der Waals surface area (Å²) < 4.78 is 41.8. The number of hydrogen-bond donors (Lipinski definition) is 11. The van der Waals surface area contributed by atoms with Crippen LogP contribution in [-0.4, -0.2) is 161 Å². The molecule has 3 rings (SSSR count). The average molecular weight is 568 g/mol. The van der Waals surface area contributed by atoms with E-state index in [0.717, 1.165) is 0 Å². The second-order valence-electron chi connectivity index (χ2n) is 8.92. The maximum absolute atomic E-state index is 10.9. The molecule has 0 aromatic heterocycles. The molecule has 3 aliphatic heterocycles. The van der Waals surface area contributed by atoms with Crippen molar-refractivity contribution >= 4 is 7.82 Å². The lowest BCUT2D eigenvalue weighted by molar-refractivity contribution is -0.389. The molecule has 3 aliphatic rings. The molecule has 15 atom stereocenters. The van der Waals surface area contributed by atoms with Crippen molar-refractivity contribution in [1.82, 2.24) is 0 Å². The van der Waals surface area contributed by atoms with Gasteiger partial charge in [0.2, 0.25) is 0 Å². The molecule has 3 heterocycles. The van der Waals surface area contributed by atoms with Crippen molar-refractivity contribution in [3.63, 3.8) is 0 Å². The van der Waals surface area contributed by atoms with E-state index in [1.54, 1.807) is 0 Å². The molecule has 218 valence electrons. The first-order chi connectivity index (χ1) is 17.2. The minimum absolute atomic E-state index is 0.827. The number of aliphatic hydroxyl groups is 9. The van der Waals surface area contributed by atoms with E-state index in [9.17, 15) is 50.5 Å². The molecule has 0 aliphatic carbocycles. The van der Waals surface area contributed by atoms with Gasteiger partial charge < -0.3 is 79.4 Å². The first-order valence-corrected chi connectivity index (χ1v) is 12.7. The Morgan fingerprint density at radius 1 is 0.676 bits per heavy atom. The number of rotatable bonds is 8. The topological polar surface area (TPSA) is 295 Å². The molecule has 0 aromatic rings. The Morgan fingerprint density at radius 2 is 1.24 bits per heavy atom. The average Bonchev–Trinajstić information content (AvgIpc) is 2.83. The van der Waals surface area contributed by atoms with Gasteiger partial charge in [0.05, 0.1) is 19.3 Å². The van der Waals surface area contributed by atoms with E-state index in [0.29, 0.717) is 0 Å². The molecule has 0 bridgehead atoms. The lowest BCUT2D eigenvalue weighted by Crippen LogP contribution is -2.66.